The van der Waals surface area contributed by atoms with E-state index in [0.29, 0.717) is 22.5 Å². The van der Waals surface area contributed by atoms with Crippen molar-refractivity contribution in [3.63, 3.8) is 0 Å². The first-order valence-electron chi connectivity index (χ1n) is 8.51. The lowest BCUT2D eigenvalue weighted by molar-refractivity contribution is 0.0924. The number of carbonyl (C=O) groups excluding carboxylic acids is 3. The monoisotopic (exact) mass is 356 g/mol. The molecule has 132 valence electrons. The fourth-order valence-corrected chi connectivity index (χ4v) is 3.14. The SMILES string of the molecule is Cc1ccccc1N1C(=O)c2ccc(NC(=O)c3ccccc3)cc2C1=O. The van der Waals surface area contributed by atoms with Crippen LogP contribution >= 0.6 is 0 Å². The van der Waals surface area contributed by atoms with Gasteiger partial charge in [-0.15, -0.1) is 0 Å². The molecule has 3 aromatic carbocycles. The van der Waals surface area contributed by atoms with Crippen LogP contribution in [0.15, 0.2) is 72.8 Å². The maximum absolute atomic E-state index is 12.9. The third-order valence-corrected chi connectivity index (χ3v) is 4.54. The lowest BCUT2D eigenvalue weighted by Gasteiger charge is -2.16. The van der Waals surface area contributed by atoms with Gasteiger partial charge in [0.2, 0.25) is 0 Å². The molecule has 0 saturated heterocycles. The van der Waals surface area contributed by atoms with Gasteiger partial charge in [-0.1, -0.05) is 36.4 Å². The Kier molecular flexibility index (Phi) is 4.05. The minimum atomic E-state index is -0.389. The van der Waals surface area contributed by atoms with Crippen molar-refractivity contribution in [2.75, 3.05) is 10.2 Å². The molecule has 0 fully saturated rings. The Bertz CT molecular complexity index is 1070. The second-order valence-electron chi connectivity index (χ2n) is 6.31. The number of nitrogens with one attached hydrogen (secondary N) is 1. The summed E-state index contributed by atoms with van der Waals surface area (Å²) in [4.78, 5) is 39.1. The van der Waals surface area contributed by atoms with Gasteiger partial charge in [0.1, 0.15) is 0 Å². The summed E-state index contributed by atoms with van der Waals surface area (Å²) in [6.45, 7) is 1.85. The van der Waals surface area contributed by atoms with Crippen LogP contribution in [0, 0.1) is 6.92 Å². The summed E-state index contributed by atoms with van der Waals surface area (Å²) >= 11 is 0. The van der Waals surface area contributed by atoms with Crippen LogP contribution in [0.5, 0.6) is 0 Å². The molecule has 0 atom stereocenters. The molecular formula is C22H16N2O3. The molecule has 3 aromatic rings. The van der Waals surface area contributed by atoms with E-state index in [1.54, 1.807) is 54.6 Å². The van der Waals surface area contributed by atoms with Crippen LogP contribution in [0.1, 0.15) is 36.6 Å². The molecule has 0 spiro atoms. The summed E-state index contributed by atoms with van der Waals surface area (Å²) in [5.74, 6) is -1.02. The molecule has 0 aromatic heterocycles. The number of anilines is 2. The Hall–Kier alpha value is -3.73. The van der Waals surface area contributed by atoms with E-state index in [0.717, 1.165) is 5.56 Å². The molecule has 27 heavy (non-hydrogen) atoms. The van der Waals surface area contributed by atoms with Crippen LogP contribution in [0.2, 0.25) is 0 Å². The molecule has 0 bridgehead atoms. The first-order chi connectivity index (χ1) is 13.1. The predicted molar refractivity (Wildman–Crippen MR) is 103 cm³/mol. The Morgan fingerprint density at radius 1 is 0.815 bits per heavy atom. The summed E-state index contributed by atoms with van der Waals surface area (Å²) in [5, 5.41) is 2.77. The second kappa shape index (κ2) is 6.53. The Morgan fingerprint density at radius 3 is 2.22 bits per heavy atom. The minimum absolute atomic E-state index is 0.275. The van der Waals surface area contributed by atoms with Crippen molar-refractivity contribution in [2.45, 2.75) is 6.92 Å². The van der Waals surface area contributed by atoms with E-state index < -0.39 is 0 Å². The highest BCUT2D eigenvalue weighted by Crippen LogP contribution is 2.31. The number of fused-ring (bicyclic) bond motifs is 1. The van der Waals surface area contributed by atoms with Crippen LogP contribution in [0.4, 0.5) is 11.4 Å². The van der Waals surface area contributed by atoms with Crippen molar-refractivity contribution in [3.05, 3.63) is 95.1 Å². The highest BCUT2D eigenvalue weighted by Gasteiger charge is 2.37. The number of nitrogens with zero attached hydrogens (tertiary/aromatic N) is 1. The summed E-state index contributed by atoms with van der Waals surface area (Å²) < 4.78 is 0. The molecule has 0 aliphatic carbocycles. The van der Waals surface area contributed by atoms with Gasteiger partial charge in [0.05, 0.1) is 16.8 Å². The number of rotatable bonds is 3. The van der Waals surface area contributed by atoms with Crippen LogP contribution in [-0.4, -0.2) is 17.7 Å². The maximum atomic E-state index is 12.9. The van der Waals surface area contributed by atoms with Gasteiger partial charge in [-0.2, -0.15) is 0 Å². The van der Waals surface area contributed by atoms with E-state index in [1.165, 1.54) is 4.90 Å². The molecule has 1 aliphatic rings. The highest BCUT2D eigenvalue weighted by atomic mass is 16.2. The van der Waals surface area contributed by atoms with Crippen LogP contribution < -0.4 is 10.2 Å². The zero-order valence-corrected chi connectivity index (χ0v) is 14.6. The summed E-state index contributed by atoms with van der Waals surface area (Å²) in [6.07, 6.45) is 0. The summed E-state index contributed by atoms with van der Waals surface area (Å²) in [7, 11) is 0. The maximum Gasteiger partial charge on any atom is 0.266 e. The van der Waals surface area contributed by atoms with Crippen LogP contribution in [-0.2, 0) is 0 Å². The second-order valence-corrected chi connectivity index (χ2v) is 6.31. The molecule has 0 radical (unpaired) electrons. The van der Waals surface area contributed by atoms with E-state index in [2.05, 4.69) is 5.32 Å². The number of benzene rings is 3. The van der Waals surface area contributed by atoms with Crippen molar-refractivity contribution in [1.29, 1.82) is 0 Å². The number of hydrogen-bond acceptors (Lipinski definition) is 3. The lowest BCUT2D eigenvalue weighted by atomic mass is 10.1. The summed E-state index contributed by atoms with van der Waals surface area (Å²) in [6, 6.07) is 20.8. The number of carbonyl (C=O) groups is 3. The molecule has 0 unspecified atom stereocenters. The zero-order chi connectivity index (χ0) is 19.0. The molecule has 1 aliphatic heterocycles. The topological polar surface area (TPSA) is 66.5 Å². The fraction of sp³-hybridized carbons (Fsp3) is 0.0455. The van der Waals surface area contributed by atoms with E-state index in [1.807, 2.05) is 25.1 Å². The molecule has 5 nitrogen and oxygen atoms in total. The molecular weight excluding hydrogens is 340 g/mol. The average molecular weight is 356 g/mol. The Morgan fingerprint density at radius 2 is 1.48 bits per heavy atom. The largest absolute Gasteiger partial charge is 0.322 e. The standard InChI is InChI=1S/C22H16N2O3/c1-14-7-5-6-10-19(14)24-21(26)17-12-11-16(13-18(17)22(24)27)23-20(25)15-8-3-2-4-9-15/h2-13H,1H3,(H,23,25). The van der Waals surface area contributed by atoms with Crippen molar-refractivity contribution in [2.24, 2.45) is 0 Å². The van der Waals surface area contributed by atoms with Gasteiger partial charge in [0.25, 0.3) is 17.7 Å². The van der Waals surface area contributed by atoms with E-state index in [9.17, 15) is 14.4 Å². The van der Waals surface area contributed by atoms with Crippen LogP contribution in [0.25, 0.3) is 0 Å². The fourth-order valence-electron chi connectivity index (χ4n) is 3.14. The number of para-hydroxylation sites is 1. The normalized spacial score (nSPS) is 12.9. The van der Waals surface area contributed by atoms with E-state index >= 15 is 0 Å². The Balaban J connectivity index is 1.65. The average Bonchev–Trinajstić information content (AvgIpc) is 2.93. The van der Waals surface area contributed by atoms with E-state index in [-0.39, 0.29) is 23.3 Å². The van der Waals surface area contributed by atoms with Crippen molar-refractivity contribution in [3.8, 4) is 0 Å². The molecule has 5 heteroatoms. The zero-order valence-electron chi connectivity index (χ0n) is 14.6. The first kappa shape index (κ1) is 16.7. The van der Waals surface area contributed by atoms with Crippen LogP contribution in [0.3, 0.4) is 0 Å². The van der Waals surface area contributed by atoms with Gasteiger partial charge < -0.3 is 5.32 Å². The van der Waals surface area contributed by atoms with Crippen molar-refractivity contribution < 1.29 is 14.4 Å². The van der Waals surface area contributed by atoms with Crippen molar-refractivity contribution >= 4 is 29.1 Å². The number of hydrogen-bond donors (Lipinski definition) is 1. The highest BCUT2D eigenvalue weighted by molar-refractivity contribution is 6.35. The number of aryl methyl sites for hydroxylation is 1. The molecule has 0 saturated carbocycles. The van der Waals surface area contributed by atoms with Crippen molar-refractivity contribution in [1.82, 2.24) is 0 Å². The Labute approximate surface area is 156 Å². The van der Waals surface area contributed by atoms with E-state index in [4.69, 9.17) is 0 Å². The summed E-state index contributed by atoms with van der Waals surface area (Å²) in [5.41, 5.74) is 3.01. The van der Waals surface area contributed by atoms with Gasteiger partial charge >= 0.3 is 0 Å². The third kappa shape index (κ3) is 2.89. The van der Waals surface area contributed by atoms with Gasteiger partial charge in [-0.3, -0.25) is 14.4 Å². The lowest BCUT2D eigenvalue weighted by Crippen LogP contribution is -2.29. The molecule has 1 N–H and O–H groups in total. The van der Waals surface area contributed by atoms with Gasteiger partial charge in [0.15, 0.2) is 0 Å². The quantitative estimate of drug-likeness (QED) is 0.720. The molecule has 1 heterocycles. The number of imide groups is 1. The smallest absolute Gasteiger partial charge is 0.266 e. The molecule has 4 rings (SSSR count). The predicted octanol–water partition coefficient (Wildman–Crippen LogP) is 4.05. The van der Waals surface area contributed by atoms with Gasteiger partial charge in [-0.25, -0.2) is 4.90 Å². The third-order valence-electron chi connectivity index (χ3n) is 4.54. The first-order valence-corrected chi connectivity index (χ1v) is 8.51. The van der Waals surface area contributed by atoms with Gasteiger partial charge in [0, 0.05) is 11.3 Å². The molecule has 3 amide bonds. The minimum Gasteiger partial charge on any atom is -0.322 e. The van der Waals surface area contributed by atoms with Gasteiger partial charge in [-0.05, 0) is 48.9 Å². The number of amides is 3.